The fourth-order valence-corrected chi connectivity index (χ4v) is 3.26. The van der Waals surface area contributed by atoms with Gasteiger partial charge in [0.25, 0.3) is 0 Å². The average Bonchev–Trinajstić information content (AvgIpc) is 2.52. The van der Waals surface area contributed by atoms with Crippen LogP contribution < -0.4 is 0 Å². The number of hydrogen-bond acceptors (Lipinski definition) is 3. The quantitative estimate of drug-likeness (QED) is 0.865. The number of carboxylic acid groups (broad SMARTS) is 1. The maximum Gasteiger partial charge on any atom is 0.305 e. The Morgan fingerprint density at radius 3 is 2.64 bits per heavy atom. The van der Waals surface area contributed by atoms with E-state index < -0.39 is 11.4 Å². The van der Waals surface area contributed by atoms with E-state index in [-0.39, 0.29) is 18.9 Å². The van der Waals surface area contributed by atoms with Gasteiger partial charge in [-0.05, 0) is 30.5 Å². The number of likely N-dealkylation sites (N-methyl/N-ethyl adjacent to an activating group) is 1. The van der Waals surface area contributed by atoms with Crippen LogP contribution in [0.2, 0.25) is 0 Å². The molecule has 0 bridgehead atoms. The molecule has 0 unspecified atom stereocenters. The van der Waals surface area contributed by atoms with Crippen molar-refractivity contribution in [3.8, 4) is 0 Å². The standard InChI is InChI=1S/C16H20BrNO4/c1-18(8-5-14(19)20)15(21)16(6-9-22-10-7-16)12-3-2-4-13(17)11-12/h2-4,11H,5-10H2,1H3,(H,19,20). The van der Waals surface area contributed by atoms with Gasteiger partial charge in [-0.3, -0.25) is 9.59 Å². The highest BCUT2D eigenvalue weighted by Gasteiger charge is 2.43. The predicted molar refractivity (Wildman–Crippen MR) is 85.8 cm³/mol. The summed E-state index contributed by atoms with van der Waals surface area (Å²) in [6, 6.07) is 7.77. The molecule has 0 spiro atoms. The molecule has 1 amide bonds. The maximum absolute atomic E-state index is 13.0. The smallest absolute Gasteiger partial charge is 0.305 e. The number of amides is 1. The molecule has 0 aromatic heterocycles. The summed E-state index contributed by atoms with van der Waals surface area (Å²) in [4.78, 5) is 25.3. The van der Waals surface area contributed by atoms with Crippen LogP contribution in [0.25, 0.3) is 0 Å². The highest BCUT2D eigenvalue weighted by atomic mass is 79.9. The Kier molecular flexibility index (Phi) is 5.58. The first kappa shape index (κ1) is 17.0. The number of carbonyl (C=O) groups is 2. The van der Waals surface area contributed by atoms with Gasteiger partial charge in [0, 0.05) is 31.3 Å². The highest BCUT2D eigenvalue weighted by molar-refractivity contribution is 9.10. The molecule has 1 aliphatic rings. The van der Waals surface area contributed by atoms with Crippen LogP contribution in [0.4, 0.5) is 0 Å². The number of carbonyl (C=O) groups excluding carboxylic acids is 1. The van der Waals surface area contributed by atoms with Crippen LogP contribution in [0.5, 0.6) is 0 Å². The van der Waals surface area contributed by atoms with Gasteiger partial charge >= 0.3 is 5.97 Å². The summed E-state index contributed by atoms with van der Waals surface area (Å²) >= 11 is 3.46. The average molecular weight is 370 g/mol. The van der Waals surface area contributed by atoms with Crippen molar-refractivity contribution >= 4 is 27.8 Å². The molecule has 2 rings (SSSR count). The lowest BCUT2D eigenvalue weighted by atomic mass is 9.73. The molecule has 1 fully saturated rings. The van der Waals surface area contributed by atoms with E-state index >= 15 is 0 Å². The molecular weight excluding hydrogens is 350 g/mol. The third-order valence-corrected chi connectivity index (χ3v) is 4.63. The minimum Gasteiger partial charge on any atom is -0.481 e. The van der Waals surface area contributed by atoms with Gasteiger partial charge in [-0.2, -0.15) is 0 Å². The molecule has 120 valence electrons. The Bertz CT molecular complexity index is 555. The van der Waals surface area contributed by atoms with Gasteiger partial charge in [0.15, 0.2) is 0 Å². The molecule has 0 saturated carbocycles. The largest absolute Gasteiger partial charge is 0.481 e. The van der Waals surface area contributed by atoms with Crippen molar-refractivity contribution in [2.75, 3.05) is 26.8 Å². The first-order valence-electron chi connectivity index (χ1n) is 7.27. The first-order chi connectivity index (χ1) is 10.5. The van der Waals surface area contributed by atoms with Crippen LogP contribution in [0.15, 0.2) is 28.7 Å². The Morgan fingerprint density at radius 1 is 1.36 bits per heavy atom. The Balaban J connectivity index is 2.29. The van der Waals surface area contributed by atoms with E-state index in [1.54, 1.807) is 7.05 Å². The molecule has 1 saturated heterocycles. The fourth-order valence-electron chi connectivity index (χ4n) is 2.86. The second-order valence-electron chi connectivity index (χ2n) is 5.58. The summed E-state index contributed by atoms with van der Waals surface area (Å²) in [6.45, 7) is 1.28. The van der Waals surface area contributed by atoms with Crippen molar-refractivity contribution in [1.29, 1.82) is 0 Å². The van der Waals surface area contributed by atoms with E-state index in [1.165, 1.54) is 4.90 Å². The number of benzene rings is 1. The molecule has 0 radical (unpaired) electrons. The Morgan fingerprint density at radius 2 is 2.05 bits per heavy atom. The summed E-state index contributed by atoms with van der Waals surface area (Å²) in [6.07, 6.45) is 1.17. The number of aliphatic carboxylic acids is 1. The van der Waals surface area contributed by atoms with Gasteiger partial charge in [-0.15, -0.1) is 0 Å². The summed E-state index contributed by atoms with van der Waals surface area (Å²) in [5.74, 6) is -0.932. The molecule has 6 heteroatoms. The molecule has 1 aromatic carbocycles. The number of carboxylic acids is 1. The molecule has 1 N–H and O–H groups in total. The number of nitrogens with zero attached hydrogens (tertiary/aromatic N) is 1. The molecule has 1 aliphatic heterocycles. The van der Waals surface area contributed by atoms with E-state index in [0.29, 0.717) is 26.1 Å². The third-order valence-electron chi connectivity index (χ3n) is 4.14. The molecule has 22 heavy (non-hydrogen) atoms. The Labute approximate surface area is 138 Å². The van der Waals surface area contributed by atoms with Crippen LogP contribution in [-0.4, -0.2) is 48.7 Å². The van der Waals surface area contributed by atoms with E-state index in [0.717, 1.165) is 10.0 Å². The lowest BCUT2D eigenvalue weighted by molar-refractivity contribution is -0.142. The van der Waals surface area contributed by atoms with Gasteiger partial charge in [0.1, 0.15) is 0 Å². The minimum atomic E-state index is -0.900. The molecule has 1 aromatic rings. The molecule has 5 nitrogen and oxygen atoms in total. The van der Waals surface area contributed by atoms with E-state index in [4.69, 9.17) is 9.84 Å². The summed E-state index contributed by atoms with van der Waals surface area (Å²) < 4.78 is 6.36. The maximum atomic E-state index is 13.0. The van der Waals surface area contributed by atoms with Crippen molar-refractivity contribution in [3.05, 3.63) is 34.3 Å². The summed E-state index contributed by atoms with van der Waals surface area (Å²) in [5, 5.41) is 8.81. The number of rotatable bonds is 5. The molecular formula is C16H20BrNO4. The van der Waals surface area contributed by atoms with E-state index in [2.05, 4.69) is 15.9 Å². The number of ether oxygens (including phenoxy) is 1. The fraction of sp³-hybridized carbons (Fsp3) is 0.500. The second kappa shape index (κ2) is 7.24. The second-order valence-corrected chi connectivity index (χ2v) is 6.49. The van der Waals surface area contributed by atoms with Crippen LogP contribution in [0, 0.1) is 0 Å². The van der Waals surface area contributed by atoms with Crippen molar-refractivity contribution in [2.24, 2.45) is 0 Å². The van der Waals surface area contributed by atoms with Crippen LogP contribution in [0.3, 0.4) is 0 Å². The van der Waals surface area contributed by atoms with Gasteiger partial charge in [-0.1, -0.05) is 28.1 Å². The minimum absolute atomic E-state index is 0.0323. The van der Waals surface area contributed by atoms with Crippen LogP contribution in [-0.2, 0) is 19.7 Å². The molecule has 0 aliphatic carbocycles. The number of halogens is 1. The SMILES string of the molecule is CN(CCC(=O)O)C(=O)C1(c2cccc(Br)c2)CCOCC1. The topological polar surface area (TPSA) is 66.8 Å². The van der Waals surface area contributed by atoms with Crippen molar-refractivity contribution in [1.82, 2.24) is 4.90 Å². The highest BCUT2D eigenvalue weighted by Crippen LogP contribution is 2.37. The van der Waals surface area contributed by atoms with Gasteiger partial charge < -0.3 is 14.7 Å². The lowest BCUT2D eigenvalue weighted by Gasteiger charge is -2.39. The van der Waals surface area contributed by atoms with Gasteiger partial charge in [-0.25, -0.2) is 0 Å². The van der Waals surface area contributed by atoms with Gasteiger partial charge in [0.05, 0.1) is 11.8 Å². The first-order valence-corrected chi connectivity index (χ1v) is 8.06. The zero-order valence-electron chi connectivity index (χ0n) is 12.5. The van der Waals surface area contributed by atoms with E-state index in [9.17, 15) is 9.59 Å². The zero-order valence-corrected chi connectivity index (χ0v) is 14.1. The third kappa shape index (κ3) is 3.67. The summed E-state index contributed by atoms with van der Waals surface area (Å²) in [5.41, 5.74) is 0.326. The monoisotopic (exact) mass is 369 g/mol. The van der Waals surface area contributed by atoms with E-state index in [1.807, 2.05) is 24.3 Å². The normalized spacial score (nSPS) is 17.0. The zero-order chi connectivity index (χ0) is 16.2. The van der Waals surface area contributed by atoms with Crippen LogP contribution >= 0.6 is 15.9 Å². The van der Waals surface area contributed by atoms with Crippen molar-refractivity contribution in [2.45, 2.75) is 24.7 Å². The van der Waals surface area contributed by atoms with Gasteiger partial charge in [0.2, 0.25) is 5.91 Å². The van der Waals surface area contributed by atoms with Crippen LogP contribution in [0.1, 0.15) is 24.8 Å². The predicted octanol–water partition coefficient (Wildman–Crippen LogP) is 2.43. The van der Waals surface area contributed by atoms with Crippen molar-refractivity contribution in [3.63, 3.8) is 0 Å². The Hall–Kier alpha value is -1.40. The summed E-state index contributed by atoms with van der Waals surface area (Å²) in [7, 11) is 1.67. The molecule has 0 atom stereocenters. The van der Waals surface area contributed by atoms with Crippen molar-refractivity contribution < 1.29 is 19.4 Å². The lowest BCUT2D eigenvalue weighted by Crippen LogP contribution is -2.49. The number of hydrogen-bond donors (Lipinski definition) is 1. The molecule has 1 heterocycles.